The van der Waals surface area contributed by atoms with E-state index in [0.717, 1.165) is 17.8 Å². The molecule has 0 radical (unpaired) electrons. The van der Waals surface area contributed by atoms with E-state index in [9.17, 15) is 4.79 Å². The van der Waals surface area contributed by atoms with E-state index in [1.54, 1.807) is 4.68 Å². The summed E-state index contributed by atoms with van der Waals surface area (Å²) in [4.78, 5) is 12.9. The number of rotatable bonds is 6. The topological polar surface area (TPSA) is 68.2 Å². The molecule has 6 nitrogen and oxygen atoms in total. The van der Waals surface area contributed by atoms with Crippen LogP contribution in [0, 0.1) is 11.8 Å². The van der Waals surface area contributed by atoms with Gasteiger partial charge in [-0.05, 0) is 23.6 Å². The van der Waals surface area contributed by atoms with Gasteiger partial charge in [-0.25, -0.2) is 0 Å². The first-order chi connectivity index (χ1) is 12.0. The lowest BCUT2D eigenvalue weighted by Crippen LogP contribution is -2.28. The number of nitrogens with zero attached hydrogens (tertiary/aromatic N) is 2. The molecular weight excluding hydrogens is 316 g/mol. The van der Waals surface area contributed by atoms with E-state index >= 15 is 0 Å². The van der Waals surface area contributed by atoms with Crippen LogP contribution in [0.3, 0.4) is 0 Å². The van der Waals surface area contributed by atoms with Crippen molar-refractivity contribution in [3.8, 4) is 5.75 Å². The fraction of sp³-hybridized carbons (Fsp3) is 0.474. The van der Waals surface area contributed by atoms with E-state index in [1.807, 2.05) is 43.7 Å². The molecule has 1 aromatic carbocycles. The third-order valence-electron chi connectivity index (χ3n) is 4.42. The first-order valence-corrected chi connectivity index (χ1v) is 8.76. The largest absolute Gasteiger partial charge is 0.491 e. The van der Waals surface area contributed by atoms with Gasteiger partial charge in [0.1, 0.15) is 5.75 Å². The number of hydrogen-bond acceptors (Lipinski definition) is 4. The summed E-state index contributed by atoms with van der Waals surface area (Å²) in [7, 11) is 1.89. The highest BCUT2D eigenvalue weighted by atomic mass is 16.5. The number of carbonyl (C=O) groups is 1. The van der Waals surface area contributed by atoms with Gasteiger partial charge in [-0.2, -0.15) is 5.10 Å². The molecule has 1 saturated heterocycles. The zero-order valence-corrected chi connectivity index (χ0v) is 15.0. The van der Waals surface area contributed by atoms with Gasteiger partial charge in [-0.3, -0.25) is 9.48 Å². The van der Waals surface area contributed by atoms with Crippen molar-refractivity contribution in [2.75, 3.05) is 25.0 Å². The van der Waals surface area contributed by atoms with Gasteiger partial charge >= 0.3 is 0 Å². The molecule has 0 spiro atoms. The van der Waals surface area contributed by atoms with Crippen molar-refractivity contribution >= 4 is 11.6 Å². The number of aryl methyl sites for hydroxylation is 1. The second-order valence-electron chi connectivity index (χ2n) is 7.01. The molecule has 1 aliphatic heterocycles. The van der Waals surface area contributed by atoms with Gasteiger partial charge < -0.3 is 15.4 Å². The van der Waals surface area contributed by atoms with Crippen LogP contribution >= 0.6 is 0 Å². The number of nitrogens with one attached hydrogen (secondary N) is 2. The van der Waals surface area contributed by atoms with E-state index in [0.29, 0.717) is 24.8 Å². The molecule has 1 amide bonds. The molecule has 2 aromatic rings. The van der Waals surface area contributed by atoms with Crippen molar-refractivity contribution in [1.82, 2.24) is 15.1 Å². The lowest BCUT2D eigenvalue weighted by Gasteiger charge is -2.19. The Morgan fingerprint density at radius 1 is 1.40 bits per heavy atom. The number of amides is 1. The second kappa shape index (κ2) is 7.70. The molecule has 0 saturated carbocycles. The SMILES string of the molecule is CC(C)COc1ccccc1NC(=O)[C@H]1CNC[C@@H]1c1cnn(C)c1. The highest BCUT2D eigenvalue weighted by Gasteiger charge is 2.35. The molecule has 1 aliphatic rings. The highest BCUT2D eigenvalue weighted by molar-refractivity contribution is 5.95. The van der Waals surface area contributed by atoms with Crippen LogP contribution in [0.5, 0.6) is 5.75 Å². The Morgan fingerprint density at radius 3 is 2.92 bits per heavy atom. The van der Waals surface area contributed by atoms with Crippen LogP contribution in [0.25, 0.3) is 0 Å². The highest BCUT2D eigenvalue weighted by Crippen LogP contribution is 2.31. The van der Waals surface area contributed by atoms with Gasteiger partial charge in [-0.1, -0.05) is 26.0 Å². The minimum absolute atomic E-state index is 0.0134. The Kier molecular flexibility index (Phi) is 5.38. The van der Waals surface area contributed by atoms with E-state index in [1.165, 1.54) is 0 Å². The fourth-order valence-electron chi connectivity index (χ4n) is 3.11. The van der Waals surface area contributed by atoms with Crippen LogP contribution < -0.4 is 15.4 Å². The summed E-state index contributed by atoms with van der Waals surface area (Å²) in [6, 6.07) is 7.60. The predicted octanol–water partition coefficient (Wildman–Crippen LogP) is 2.40. The summed E-state index contributed by atoms with van der Waals surface area (Å²) in [5.41, 5.74) is 1.82. The quantitative estimate of drug-likeness (QED) is 0.846. The first-order valence-electron chi connectivity index (χ1n) is 8.76. The fourth-order valence-corrected chi connectivity index (χ4v) is 3.11. The first kappa shape index (κ1) is 17.5. The molecule has 3 rings (SSSR count). The van der Waals surface area contributed by atoms with Crippen molar-refractivity contribution < 1.29 is 9.53 Å². The molecule has 2 heterocycles. The maximum Gasteiger partial charge on any atom is 0.229 e. The van der Waals surface area contributed by atoms with Gasteiger partial charge in [0, 0.05) is 32.3 Å². The number of ether oxygens (including phenoxy) is 1. The van der Waals surface area contributed by atoms with Crippen molar-refractivity contribution in [3.05, 3.63) is 42.2 Å². The lowest BCUT2D eigenvalue weighted by molar-refractivity contribution is -0.119. The van der Waals surface area contributed by atoms with Gasteiger partial charge in [0.15, 0.2) is 0 Å². The Hall–Kier alpha value is -2.34. The van der Waals surface area contributed by atoms with Crippen molar-refractivity contribution in [1.29, 1.82) is 0 Å². The smallest absolute Gasteiger partial charge is 0.229 e. The number of anilines is 1. The lowest BCUT2D eigenvalue weighted by atomic mass is 9.90. The molecular formula is C19H26N4O2. The Bertz CT molecular complexity index is 726. The molecule has 6 heteroatoms. The van der Waals surface area contributed by atoms with Crippen molar-refractivity contribution in [2.24, 2.45) is 18.9 Å². The minimum Gasteiger partial charge on any atom is -0.491 e. The summed E-state index contributed by atoms with van der Waals surface area (Å²) in [6.45, 7) is 6.28. The molecule has 25 heavy (non-hydrogen) atoms. The van der Waals surface area contributed by atoms with Crippen LogP contribution in [0.1, 0.15) is 25.3 Å². The zero-order valence-electron chi connectivity index (χ0n) is 15.0. The van der Waals surface area contributed by atoms with Crippen molar-refractivity contribution in [3.63, 3.8) is 0 Å². The molecule has 0 unspecified atom stereocenters. The third kappa shape index (κ3) is 4.20. The van der Waals surface area contributed by atoms with Gasteiger partial charge in [-0.15, -0.1) is 0 Å². The predicted molar refractivity (Wildman–Crippen MR) is 97.7 cm³/mol. The molecule has 0 aliphatic carbocycles. The number of carbonyl (C=O) groups excluding carboxylic acids is 1. The van der Waals surface area contributed by atoms with Crippen LogP contribution in [0.2, 0.25) is 0 Å². The average Bonchev–Trinajstić information content (AvgIpc) is 3.22. The van der Waals surface area contributed by atoms with Crippen LogP contribution in [0.15, 0.2) is 36.7 Å². The summed E-state index contributed by atoms with van der Waals surface area (Å²) in [5, 5.41) is 10.6. The monoisotopic (exact) mass is 342 g/mol. The second-order valence-corrected chi connectivity index (χ2v) is 7.01. The number of hydrogen-bond donors (Lipinski definition) is 2. The van der Waals surface area contributed by atoms with Gasteiger partial charge in [0.05, 0.1) is 24.4 Å². The molecule has 1 fully saturated rings. The Labute approximate surface area is 148 Å². The molecule has 2 atom stereocenters. The van der Waals surface area contributed by atoms with Crippen LogP contribution in [0.4, 0.5) is 5.69 Å². The normalized spacial score (nSPS) is 20.0. The van der Waals surface area contributed by atoms with Crippen molar-refractivity contribution in [2.45, 2.75) is 19.8 Å². The summed E-state index contributed by atoms with van der Waals surface area (Å²) in [5.74, 6) is 1.17. The number of para-hydroxylation sites is 2. The van der Waals surface area contributed by atoms with E-state index < -0.39 is 0 Å². The molecule has 2 N–H and O–H groups in total. The maximum atomic E-state index is 12.9. The van der Waals surface area contributed by atoms with E-state index in [2.05, 4.69) is 29.6 Å². The maximum absolute atomic E-state index is 12.9. The molecule has 0 bridgehead atoms. The van der Waals surface area contributed by atoms with Gasteiger partial charge in [0.2, 0.25) is 5.91 Å². The van der Waals surface area contributed by atoms with Crippen LogP contribution in [-0.4, -0.2) is 35.4 Å². The van der Waals surface area contributed by atoms with Gasteiger partial charge in [0.25, 0.3) is 0 Å². The summed E-state index contributed by atoms with van der Waals surface area (Å²) >= 11 is 0. The number of aromatic nitrogens is 2. The number of benzene rings is 1. The molecule has 134 valence electrons. The summed E-state index contributed by atoms with van der Waals surface area (Å²) < 4.78 is 7.61. The van der Waals surface area contributed by atoms with E-state index in [-0.39, 0.29) is 17.7 Å². The zero-order chi connectivity index (χ0) is 17.8. The Morgan fingerprint density at radius 2 is 2.20 bits per heavy atom. The van der Waals surface area contributed by atoms with E-state index in [4.69, 9.17) is 4.74 Å². The third-order valence-corrected chi connectivity index (χ3v) is 4.42. The van der Waals surface area contributed by atoms with Crippen LogP contribution in [-0.2, 0) is 11.8 Å². The Balaban J connectivity index is 1.71. The molecule has 1 aromatic heterocycles. The summed E-state index contributed by atoms with van der Waals surface area (Å²) in [6.07, 6.45) is 3.83. The average molecular weight is 342 g/mol. The minimum atomic E-state index is -0.123. The standard InChI is InChI=1S/C19H26N4O2/c1-13(2)12-25-18-7-5-4-6-17(18)22-19(24)16-10-20-9-15(16)14-8-21-23(3)11-14/h4-8,11,13,15-16,20H,9-10,12H2,1-3H3,(H,22,24)/t15-,16+/m1/s1.